The molecule has 0 radical (unpaired) electrons. The Labute approximate surface area is 68.9 Å². The molecule has 1 rings (SSSR count). The molecule has 0 fully saturated rings. The highest BCUT2D eigenvalue weighted by Crippen LogP contribution is 2.02. The largest absolute Gasteiger partial charge is 0.475 e. The van der Waals surface area contributed by atoms with Crippen LogP contribution in [0.3, 0.4) is 0 Å². The zero-order valence-electron chi connectivity index (χ0n) is 6.59. The summed E-state index contributed by atoms with van der Waals surface area (Å²) in [6.45, 7) is 1.54. The summed E-state index contributed by atoms with van der Waals surface area (Å²) < 4.78 is 0. The maximum Gasteiger partial charge on any atom is 0.0773 e. The van der Waals surface area contributed by atoms with E-state index >= 15 is 0 Å². The van der Waals surface area contributed by atoms with Crippen LogP contribution in [0.1, 0.15) is 12.6 Å². The minimum Gasteiger partial charge on any atom is -0.475 e. The molecule has 1 aromatic rings. The normalized spacial score (nSPS) is 10.0. The fraction of sp³-hybridized carbons (Fsp3) is 0.222. The molecule has 1 aromatic carbocycles. The Morgan fingerprint density at radius 3 is 2.82 bits per heavy atom. The molecule has 2 nitrogen and oxygen atoms in total. The third-order valence-electron chi connectivity index (χ3n) is 1.61. The minimum absolute atomic E-state index is 0. The zero-order chi connectivity index (χ0) is 8.10. The molecule has 0 atom stereocenters. The van der Waals surface area contributed by atoms with Crippen LogP contribution in [-0.4, -0.2) is 0 Å². The summed E-state index contributed by atoms with van der Waals surface area (Å²) in [5, 5.41) is 1.90. The summed E-state index contributed by atoms with van der Waals surface area (Å²) in [6, 6.07) is 8.26. The second kappa shape index (κ2) is 4.11. The Bertz CT molecular complexity index is 226. The van der Waals surface area contributed by atoms with E-state index in [-0.39, 0.29) is 1.43 Å². The molecule has 0 aliphatic heterocycles. The van der Waals surface area contributed by atoms with E-state index in [0.29, 0.717) is 6.54 Å². The topological polar surface area (TPSA) is 42.6 Å². The third-order valence-corrected chi connectivity index (χ3v) is 1.61. The van der Waals surface area contributed by atoms with Crippen LogP contribution in [0.4, 0.5) is 0 Å². The van der Waals surface area contributed by atoms with Gasteiger partial charge in [0.2, 0.25) is 0 Å². The molecule has 0 aromatic heterocycles. The van der Waals surface area contributed by atoms with Crippen LogP contribution >= 0.6 is 0 Å². The SMILES string of the molecule is [CH2-][NH2+]Cc1cccc(CN)c1.[HH]. The van der Waals surface area contributed by atoms with Crippen LogP contribution < -0.4 is 11.1 Å². The molecule has 0 aliphatic rings. The Balaban J connectivity index is 0.00000121. The lowest BCUT2D eigenvalue weighted by atomic mass is 10.1. The monoisotopic (exact) mass is 152 g/mol. The van der Waals surface area contributed by atoms with Gasteiger partial charge in [-0.2, -0.15) is 7.05 Å². The van der Waals surface area contributed by atoms with E-state index in [9.17, 15) is 0 Å². The van der Waals surface area contributed by atoms with Crippen molar-refractivity contribution in [1.82, 2.24) is 0 Å². The number of hydrogen-bond donors (Lipinski definition) is 2. The second-order valence-electron chi connectivity index (χ2n) is 2.52. The zero-order valence-corrected chi connectivity index (χ0v) is 6.59. The van der Waals surface area contributed by atoms with Gasteiger partial charge in [0.05, 0.1) is 6.54 Å². The smallest absolute Gasteiger partial charge is 0.0773 e. The third kappa shape index (κ3) is 2.33. The van der Waals surface area contributed by atoms with E-state index < -0.39 is 0 Å². The number of rotatable bonds is 3. The van der Waals surface area contributed by atoms with Crippen LogP contribution in [-0.2, 0) is 13.1 Å². The van der Waals surface area contributed by atoms with Crippen molar-refractivity contribution in [2.24, 2.45) is 5.73 Å². The summed E-state index contributed by atoms with van der Waals surface area (Å²) in [6.07, 6.45) is 0. The van der Waals surface area contributed by atoms with E-state index in [2.05, 4.69) is 19.2 Å². The van der Waals surface area contributed by atoms with Gasteiger partial charge >= 0.3 is 0 Å². The molecule has 0 saturated carbocycles. The summed E-state index contributed by atoms with van der Waals surface area (Å²) in [7, 11) is 3.68. The highest BCUT2D eigenvalue weighted by atomic mass is 14.8. The van der Waals surface area contributed by atoms with Crippen molar-refractivity contribution in [3.05, 3.63) is 42.4 Å². The van der Waals surface area contributed by atoms with E-state index in [4.69, 9.17) is 5.73 Å². The molecule has 0 saturated heterocycles. The van der Waals surface area contributed by atoms with Crippen LogP contribution in [0.15, 0.2) is 24.3 Å². The summed E-state index contributed by atoms with van der Waals surface area (Å²) in [5.41, 5.74) is 7.95. The molecule has 11 heavy (non-hydrogen) atoms. The first-order valence-corrected chi connectivity index (χ1v) is 3.75. The minimum atomic E-state index is 0. The fourth-order valence-electron chi connectivity index (χ4n) is 1.05. The van der Waals surface area contributed by atoms with Crippen molar-refractivity contribution in [2.75, 3.05) is 0 Å². The maximum atomic E-state index is 5.49. The van der Waals surface area contributed by atoms with Crippen molar-refractivity contribution in [3.8, 4) is 0 Å². The van der Waals surface area contributed by atoms with E-state index in [1.54, 1.807) is 0 Å². The standard InChI is InChI=1S/C9H14N2.H2/c1-11-7-9-4-2-3-8(5-9)6-10;/h2-5H,1,6-7,10-11H2;1H. The quantitative estimate of drug-likeness (QED) is 0.599. The first-order chi connectivity index (χ1) is 5.36. The van der Waals surface area contributed by atoms with Gasteiger partial charge in [-0.05, 0) is 11.6 Å². The van der Waals surface area contributed by atoms with Gasteiger partial charge in [-0.15, -0.1) is 0 Å². The lowest BCUT2D eigenvalue weighted by molar-refractivity contribution is -0.612. The average molecular weight is 152 g/mol. The maximum absolute atomic E-state index is 5.49. The molecule has 0 bridgehead atoms. The van der Waals surface area contributed by atoms with Gasteiger partial charge in [-0.1, -0.05) is 18.2 Å². The number of quaternary nitrogens is 1. The summed E-state index contributed by atoms with van der Waals surface area (Å²) in [4.78, 5) is 0. The van der Waals surface area contributed by atoms with Crippen LogP contribution in [0, 0.1) is 7.05 Å². The van der Waals surface area contributed by atoms with E-state index in [1.807, 2.05) is 17.4 Å². The van der Waals surface area contributed by atoms with Crippen molar-refractivity contribution in [1.29, 1.82) is 0 Å². The second-order valence-corrected chi connectivity index (χ2v) is 2.52. The van der Waals surface area contributed by atoms with Crippen molar-refractivity contribution < 1.29 is 6.74 Å². The highest BCUT2D eigenvalue weighted by molar-refractivity contribution is 5.22. The summed E-state index contributed by atoms with van der Waals surface area (Å²) in [5.74, 6) is 0. The van der Waals surface area contributed by atoms with Gasteiger partial charge in [0.1, 0.15) is 0 Å². The molecule has 4 N–H and O–H groups in total. The Kier molecular flexibility index (Phi) is 3.08. The first-order valence-electron chi connectivity index (χ1n) is 3.75. The van der Waals surface area contributed by atoms with Crippen LogP contribution in [0.25, 0.3) is 0 Å². The molecule has 0 spiro atoms. The molecule has 0 amide bonds. The molecule has 62 valence electrons. The Morgan fingerprint density at radius 1 is 1.45 bits per heavy atom. The van der Waals surface area contributed by atoms with Gasteiger partial charge in [0.25, 0.3) is 0 Å². The number of benzene rings is 1. The number of nitrogens with two attached hydrogens (primary N) is 2. The molecular formula is C9H16N2. The molecular weight excluding hydrogens is 136 g/mol. The van der Waals surface area contributed by atoms with Gasteiger partial charge in [0, 0.05) is 13.5 Å². The first kappa shape index (κ1) is 8.24. The van der Waals surface area contributed by atoms with Crippen molar-refractivity contribution >= 4 is 0 Å². The molecule has 0 unspecified atom stereocenters. The van der Waals surface area contributed by atoms with Gasteiger partial charge in [-0.3, -0.25) is 0 Å². The predicted octanol–water partition coefficient (Wildman–Crippen LogP) is 0.246. The van der Waals surface area contributed by atoms with Crippen molar-refractivity contribution in [3.63, 3.8) is 0 Å². The lowest BCUT2D eigenvalue weighted by Crippen LogP contribution is -2.74. The van der Waals surface area contributed by atoms with Crippen LogP contribution in [0.2, 0.25) is 0 Å². The molecule has 2 heteroatoms. The average Bonchev–Trinajstić information content (AvgIpc) is 2.06. The molecule has 0 aliphatic carbocycles. The Morgan fingerprint density at radius 2 is 2.18 bits per heavy atom. The van der Waals surface area contributed by atoms with Gasteiger partial charge in [0.15, 0.2) is 0 Å². The van der Waals surface area contributed by atoms with E-state index in [1.165, 1.54) is 11.1 Å². The van der Waals surface area contributed by atoms with Gasteiger partial charge in [-0.25, -0.2) is 0 Å². The lowest BCUT2D eigenvalue weighted by Gasteiger charge is -2.02. The van der Waals surface area contributed by atoms with Crippen LogP contribution in [0.5, 0.6) is 0 Å². The number of hydrogen-bond acceptors (Lipinski definition) is 1. The Hall–Kier alpha value is -0.860. The van der Waals surface area contributed by atoms with Gasteiger partial charge < -0.3 is 11.1 Å². The fourth-order valence-corrected chi connectivity index (χ4v) is 1.05. The van der Waals surface area contributed by atoms with E-state index in [0.717, 1.165) is 6.54 Å². The van der Waals surface area contributed by atoms with Crippen molar-refractivity contribution in [2.45, 2.75) is 13.1 Å². The molecule has 0 heterocycles. The highest BCUT2D eigenvalue weighted by Gasteiger charge is 1.92. The summed E-state index contributed by atoms with van der Waals surface area (Å²) >= 11 is 0. The predicted molar refractivity (Wildman–Crippen MR) is 47.4 cm³/mol.